The van der Waals surface area contributed by atoms with Crippen LogP contribution in [0.25, 0.3) is 0 Å². The highest BCUT2D eigenvalue weighted by atomic mass is 19.1. The summed E-state index contributed by atoms with van der Waals surface area (Å²) in [4.78, 5) is 0. The molecule has 19 heavy (non-hydrogen) atoms. The Bertz CT molecular complexity index is 568. The number of aliphatic hydroxyl groups is 1. The second-order valence-corrected chi connectivity index (χ2v) is 4.70. The zero-order valence-corrected chi connectivity index (χ0v) is 11.2. The Hall–Kier alpha value is -1.87. The van der Waals surface area contributed by atoms with Gasteiger partial charge in [0.1, 0.15) is 5.82 Å². The van der Waals surface area contributed by atoms with E-state index in [4.69, 9.17) is 0 Å². The fourth-order valence-electron chi connectivity index (χ4n) is 2.04. The molecule has 1 unspecified atom stereocenters. The zero-order valence-electron chi connectivity index (χ0n) is 11.2. The topological polar surface area (TPSA) is 32.3 Å². The van der Waals surface area contributed by atoms with E-state index >= 15 is 0 Å². The molecule has 0 aliphatic rings. The molecule has 1 atom stereocenters. The van der Waals surface area contributed by atoms with Gasteiger partial charge in [0.15, 0.2) is 0 Å². The van der Waals surface area contributed by atoms with Crippen LogP contribution in [0.3, 0.4) is 0 Å². The second kappa shape index (κ2) is 5.85. The summed E-state index contributed by atoms with van der Waals surface area (Å²) in [5.74, 6) is -0.226. The van der Waals surface area contributed by atoms with Gasteiger partial charge in [0.05, 0.1) is 12.6 Å². The summed E-state index contributed by atoms with van der Waals surface area (Å²) in [6.45, 7) is 3.69. The van der Waals surface area contributed by atoms with Gasteiger partial charge < -0.3 is 10.4 Å². The van der Waals surface area contributed by atoms with Crippen molar-refractivity contribution in [3.8, 4) is 0 Å². The van der Waals surface area contributed by atoms with Crippen LogP contribution in [-0.4, -0.2) is 11.7 Å². The first kappa shape index (κ1) is 13.6. The molecule has 2 N–H and O–H groups in total. The van der Waals surface area contributed by atoms with E-state index in [-0.39, 0.29) is 18.5 Å². The highest BCUT2D eigenvalue weighted by molar-refractivity contribution is 5.52. The molecule has 0 heterocycles. The van der Waals surface area contributed by atoms with E-state index in [9.17, 15) is 9.50 Å². The molecule has 3 heteroatoms. The highest BCUT2D eigenvalue weighted by Crippen LogP contribution is 2.23. The van der Waals surface area contributed by atoms with Gasteiger partial charge in [-0.1, -0.05) is 30.3 Å². The third-order valence-corrected chi connectivity index (χ3v) is 3.24. The smallest absolute Gasteiger partial charge is 0.126 e. The molecule has 2 aromatic carbocycles. The SMILES string of the molecule is Cc1cc(C(CO)Nc2ccccc2C)ccc1F. The Kier molecular flexibility index (Phi) is 4.17. The number of para-hydroxylation sites is 1. The van der Waals surface area contributed by atoms with E-state index in [1.165, 1.54) is 6.07 Å². The molecule has 0 amide bonds. The van der Waals surface area contributed by atoms with E-state index < -0.39 is 0 Å². The number of aryl methyl sites for hydroxylation is 2. The first-order chi connectivity index (χ1) is 9.11. The van der Waals surface area contributed by atoms with Crippen LogP contribution in [0.15, 0.2) is 42.5 Å². The summed E-state index contributed by atoms with van der Waals surface area (Å²) >= 11 is 0. The first-order valence-corrected chi connectivity index (χ1v) is 6.31. The van der Waals surface area contributed by atoms with Gasteiger partial charge >= 0.3 is 0 Å². The van der Waals surface area contributed by atoms with Crippen molar-refractivity contribution in [2.75, 3.05) is 11.9 Å². The van der Waals surface area contributed by atoms with Crippen LogP contribution in [0.1, 0.15) is 22.7 Å². The van der Waals surface area contributed by atoms with Crippen LogP contribution in [0, 0.1) is 19.7 Å². The quantitative estimate of drug-likeness (QED) is 0.879. The largest absolute Gasteiger partial charge is 0.394 e. The number of hydrogen-bond acceptors (Lipinski definition) is 2. The van der Waals surface area contributed by atoms with E-state index in [2.05, 4.69) is 5.32 Å². The molecule has 2 aromatic rings. The molecular weight excluding hydrogens is 241 g/mol. The zero-order chi connectivity index (χ0) is 13.8. The van der Waals surface area contributed by atoms with E-state index in [0.29, 0.717) is 5.56 Å². The molecular formula is C16H18FNO. The fraction of sp³-hybridized carbons (Fsp3) is 0.250. The van der Waals surface area contributed by atoms with Gasteiger partial charge in [0, 0.05) is 5.69 Å². The predicted molar refractivity (Wildman–Crippen MR) is 75.8 cm³/mol. The van der Waals surface area contributed by atoms with Gasteiger partial charge in [-0.2, -0.15) is 0 Å². The molecule has 2 nitrogen and oxygen atoms in total. The summed E-state index contributed by atoms with van der Waals surface area (Å²) < 4.78 is 13.3. The Labute approximate surface area is 112 Å². The standard InChI is InChI=1S/C16H18FNO/c1-11-5-3-4-6-15(11)18-16(10-19)13-7-8-14(17)12(2)9-13/h3-9,16,18-19H,10H2,1-2H3. The van der Waals surface area contributed by atoms with E-state index in [0.717, 1.165) is 16.8 Å². The lowest BCUT2D eigenvalue weighted by molar-refractivity contribution is 0.276. The molecule has 0 bridgehead atoms. The molecule has 0 fully saturated rings. The fourth-order valence-corrected chi connectivity index (χ4v) is 2.04. The van der Waals surface area contributed by atoms with Crippen molar-refractivity contribution < 1.29 is 9.50 Å². The van der Waals surface area contributed by atoms with Crippen molar-refractivity contribution >= 4 is 5.69 Å². The molecule has 0 saturated carbocycles. The molecule has 0 aromatic heterocycles. The summed E-state index contributed by atoms with van der Waals surface area (Å²) in [5.41, 5.74) is 3.55. The summed E-state index contributed by atoms with van der Waals surface area (Å²) in [6.07, 6.45) is 0. The van der Waals surface area contributed by atoms with Crippen LogP contribution in [-0.2, 0) is 0 Å². The number of nitrogens with one attached hydrogen (secondary N) is 1. The lowest BCUT2D eigenvalue weighted by atomic mass is 10.0. The second-order valence-electron chi connectivity index (χ2n) is 4.70. The van der Waals surface area contributed by atoms with Crippen LogP contribution in [0.5, 0.6) is 0 Å². The third kappa shape index (κ3) is 3.12. The van der Waals surface area contributed by atoms with E-state index in [1.54, 1.807) is 19.1 Å². The Balaban J connectivity index is 2.25. The Morgan fingerprint density at radius 2 is 1.84 bits per heavy atom. The van der Waals surface area contributed by atoms with Gasteiger partial charge in [0.25, 0.3) is 0 Å². The first-order valence-electron chi connectivity index (χ1n) is 6.31. The van der Waals surface area contributed by atoms with Crippen molar-refractivity contribution in [3.05, 3.63) is 65.0 Å². The maximum atomic E-state index is 13.3. The van der Waals surface area contributed by atoms with Crippen LogP contribution < -0.4 is 5.32 Å². The maximum absolute atomic E-state index is 13.3. The molecule has 0 saturated heterocycles. The highest BCUT2D eigenvalue weighted by Gasteiger charge is 2.12. The number of hydrogen-bond donors (Lipinski definition) is 2. The molecule has 0 spiro atoms. The lowest BCUT2D eigenvalue weighted by Gasteiger charge is -2.20. The number of halogens is 1. The van der Waals surface area contributed by atoms with Gasteiger partial charge in [0.2, 0.25) is 0 Å². The Morgan fingerprint density at radius 3 is 2.47 bits per heavy atom. The third-order valence-electron chi connectivity index (χ3n) is 3.24. The summed E-state index contributed by atoms with van der Waals surface area (Å²) in [5, 5.41) is 12.8. The average Bonchev–Trinajstić information content (AvgIpc) is 2.41. The molecule has 0 aliphatic carbocycles. The number of rotatable bonds is 4. The van der Waals surface area contributed by atoms with Crippen LogP contribution in [0.2, 0.25) is 0 Å². The molecule has 2 rings (SSSR count). The van der Waals surface area contributed by atoms with E-state index in [1.807, 2.05) is 31.2 Å². The molecule has 0 radical (unpaired) electrons. The maximum Gasteiger partial charge on any atom is 0.126 e. The minimum absolute atomic E-state index is 0.0423. The van der Waals surface area contributed by atoms with Gasteiger partial charge in [-0.05, 0) is 42.7 Å². The number of benzene rings is 2. The van der Waals surface area contributed by atoms with Crippen LogP contribution in [0.4, 0.5) is 10.1 Å². The predicted octanol–water partition coefficient (Wildman–Crippen LogP) is 3.59. The van der Waals surface area contributed by atoms with Gasteiger partial charge in [-0.25, -0.2) is 4.39 Å². The van der Waals surface area contributed by atoms with Crippen molar-refractivity contribution in [2.24, 2.45) is 0 Å². The average molecular weight is 259 g/mol. The monoisotopic (exact) mass is 259 g/mol. The van der Waals surface area contributed by atoms with Crippen LogP contribution >= 0.6 is 0 Å². The molecule has 0 aliphatic heterocycles. The number of anilines is 1. The Morgan fingerprint density at radius 1 is 1.11 bits per heavy atom. The van der Waals surface area contributed by atoms with Crippen molar-refractivity contribution in [1.82, 2.24) is 0 Å². The summed E-state index contributed by atoms with van der Waals surface area (Å²) in [7, 11) is 0. The van der Waals surface area contributed by atoms with Crippen molar-refractivity contribution in [3.63, 3.8) is 0 Å². The van der Waals surface area contributed by atoms with Gasteiger partial charge in [-0.15, -0.1) is 0 Å². The molecule has 100 valence electrons. The lowest BCUT2D eigenvalue weighted by Crippen LogP contribution is -2.15. The van der Waals surface area contributed by atoms with Gasteiger partial charge in [-0.3, -0.25) is 0 Å². The summed E-state index contributed by atoms with van der Waals surface area (Å²) in [6, 6.07) is 12.6. The van der Waals surface area contributed by atoms with Crippen molar-refractivity contribution in [2.45, 2.75) is 19.9 Å². The minimum Gasteiger partial charge on any atom is -0.394 e. The normalized spacial score (nSPS) is 12.2. The van der Waals surface area contributed by atoms with Crippen molar-refractivity contribution in [1.29, 1.82) is 0 Å². The minimum atomic E-state index is -0.236. The number of aliphatic hydroxyl groups excluding tert-OH is 1.